The van der Waals surface area contributed by atoms with E-state index in [1.807, 2.05) is 0 Å². The summed E-state index contributed by atoms with van der Waals surface area (Å²) >= 11 is 0. The van der Waals surface area contributed by atoms with Crippen LogP contribution in [-0.4, -0.2) is 27.0 Å². The van der Waals surface area contributed by atoms with Crippen molar-refractivity contribution in [2.24, 2.45) is 10.9 Å². The standard InChI is InChI=1S/C13H11FN4O3/c14-7-1-2-10(9(5-7)12(15)18-21)17-13(20)8-3-4-16-6-11(8)19/h1-6,19,21H,(H2,15,18)(H,17,20). The van der Waals surface area contributed by atoms with Crippen LogP contribution >= 0.6 is 0 Å². The molecule has 21 heavy (non-hydrogen) atoms. The molecule has 1 aromatic carbocycles. The van der Waals surface area contributed by atoms with E-state index in [0.717, 1.165) is 18.3 Å². The van der Waals surface area contributed by atoms with E-state index in [0.29, 0.717) is 0 Å². The normalized spacial score (nSPS) is 11.2. The SMILES string of the molecule is N/C(=N/O)c1cc(F)ccc1NC(=O)c1ccncc1O. The van der Waals surface area contributed by atoms with Gasteiger partial charge in [0.1, 0.15) is 11.6 Å². The van der Waals surface area contributed by atoms with Crippen molar-refractivity contribution < 1.29 is 19.5 Å². The fourth-order valence-corrected chi connectivity index (χ4v) is 1.66. The monoisotopic (exact) mass is 290 g/mol. The summed E-state index contributed by atoms with van der Waals surface area (Å²) < 4.78 is 13.2. The number of rotatable bonds is 3. The number of anilines is 1. The average molecular weight is 290 g/mol. The fraction of sp³-hybridized carbons (Fsp3) is 0. The van der Waals surface area contributed by atoms with E-state index < -0.39 is 11.7 Å². The van der Waals surface area contributed by atoms with Crippen LogP contribution in [0.4, 0.5) is 10.1 Å². The maximum absolute atomic E-state index is 13.2. The summed E-state index contributed by atoms with van der Waals surface area (Å²) in [4.78, 5) is 15.7. The minimum absolute atomic E-state index is 0.0133. The molecule has 1 amide bonds. The van der Waals surface area contributed by atoms with E-state index in [2.05, 4.69) is 15.5 Å². The fourth-order valence-electron chi connectivity index (χ4n) is 1.66. The quantitative estimate of drug-likeness (QED) is 0.293. The maximum atomic E-state index is 13.2. The molecule has 0 aliphatic carbocycles. The van der Waals surface area contributed by atoms with Crippen LogP contribution in [0.3, 0.4) is 0 Å². The Morgan fingerprint density at radius 1 is 1.33 bits per heavy atom. The number of halogens is 1. The van der Waals surface area contributed by atoms with Crippen LogP contribution in [0, 0.1) is 5.82 Å². The second-order valence-corrected chi connectivity index (χ2v) is 4.02. The van der Waals surface area contributed by atoms with Gasteiger partial charge in [-0.2, -0.15) is 0 Å². The second-order valence-electron chi connectivity index (χ2n) is 4.02. The molecule has 0 saturated heterocycles. The largest absolute Gasteiger partial charge is 0.505 e. The third-order valence-electron chi connectivity index (χ3n) is 2.66. The lowest BCUT2D eigenvalue weighted by Crippen LogP contribution is -2.19. The van der Waals surface area contributed by atoms with Gasteiger partial charge in [0.05, 0.1) is 17.4 Å². The molecular weight excluding hydrogens is 279 g/mol. The van der Waals surface area contributed by atoms with Crippen molar-refractivity contribution in [3.63, 3.8) is 0 Å². The lowest BCUT2D eigenvalue weighted by atomic mass is 10.1. The summed E-state index contributed by atoms with van der Waals surface area (Å²) in [5.74, 6) is -1.92. The number of nitrogens with two attached hydrogens (primary N) is 1. The summed E-state index contributed by atoms with van der Waals surface area (Å²) in [6, 6.07) is 4.70. The van der Waals surface area contributed by atoms with Gasteiger partial charge in [-0.1, -0.05) is 5.16 Å². The molecule has 0 spiro atoms. The first kappa shape index (κ1) is 14.3. The van der Waals surface area contributed by atoms with Gasteiger partial charge >= 0.3 is 0 Å². The average Bonchev–Trinajstić information content (AvgIpc) is 2.48. The molecule has 1 heterocycles. The Hall–Kier alpha value is -3.16. The van der Waals surface area contributed by atoms with Gasteiger partial charge in [-0.15, -0.1) is 0 Å². The zero-order valence-electron chi connectivity index (χ0n) is 10.6. The number of aromatic hydroxyl groups is 1. The number of amidine groups is 1. The lowest BCUT2D eigenvalue weighted by Gasteiger charge is -2.10. The van der Waals surface area contributed by atoms with Gasteiger partial charge in [-0.3, -0.25) is 9.78 Å². The minimum atomic E-state index is -0.645. The summed E-state index contributed by atoms with van der Waals surface area (Å²) in [6.07, 6.45) is 2.45. The lowest BCUT2D eigenvalue weighted by molar-refractivity contribution is 0.102. The van der Waals surface area contributed by atoms with E-state index in [9.17, 15) is 14.3 Å². The highest BCUT2D eigenvalue weighted by Gasteiger charge is 2.15. The third-order valence-corrected chi connectivity index (χ3v) is 2.66. The molecule has 108 valence electrons. The van der Waals surface area contributed by atoms with Crippen molar-refractivity contribution in [2.45, 2.75) is 0 Å². The molecule has 8 heteroatoms. The van der Waals surface area contributed by atoms with Gasteiger partial charge in [0.25, 0.3) is 5.91 Å². The highest BCUT2D eigenvalue weighted by atomic mass is 19.1. The number of aromatic nitrogens is 1. The Balaban J connectivity index is 2.36. The topological polar surface area (TPSA) is 121 Å². The second kappa shape index (κ2) is 5.87. The molecule has 2 aromatic rings. The number of nitrogens with zero attached hydrogens (tertiary/aromatic N) is 2. The Morgan fingerprint density at radius 3 is 2.76 bits per heavy atom. The van der Waals surface area contributed by atoms with E-state index in [4.69, 9.17) is 10.9 Å². The molecule has 5 N–H and O–H groups in total. The number of benzene rings is 1. The van der Waals surface area contributed by atoms with Crippen molar-refractivity contribution in [3.8, 4) is 5.75 Å². The Bertz CT molecular complexity index is 718. The highest BCUT2D eigenvalue weighted by Crippen LogP contribution is 2.20. The molecule has 0 bridgehead atoms. The molecule has 0 aliphatic rings. The van der Waals surface area contributed by atoms with E-state index in [1.54, 1.807) is 0 Å². The molecule has 0 saturated carbocycles. The van der Waals surface area contributed by atoms with Gasteiger partial charge in [0.15, 0.2) is 5.84 Å². The highest BCUT2D eigenvalue weighted by molar-refractivity contribution is 6.10. The number of amides is 1. The van der Waals surface area contributed by atoms with Crippen LogP contribution in [0.2, 0.25) is 0 Å². The number of carbonyl (C=O) groups is 1. The van der Waals surface area contributed by atoms with Crippen LogP contribution in [0.5, 0.6) is 5.75 Å². The minimum Gasteiger partial charge on any atom is -0.505 e. The van der Waals surface area contributed by atoms with Crippen LogP contribution in [0.1, 0.15) is 15.9 Å². The van der Waals surface area contributed by atoms with Gasteiger partial charge in [0, 0.05) is 11.8 Å². The number of nitrogens with one attached hydrogen (secondary N) is 1. The Kier molecular flexibility index (Phi) is 3.98. The molecule has 0 fully saturated rings. The van der Waals surface area contributed by atoms with E-state index in [1.165, 1.54) is 18.3 Å². The Labute approximate surface area is 118 Å². The number of pyridine rings is 1. The van der Waals surface area contributed by atoms with Crippen molar-refractivity contribution in [2.75, 3.05) is 5.32 Å². The zero-order valence-corrected chi connectivity index (χ0v) is 10.6. The van der Waals surface area contributed by atoms with Crippen molar-refractivity contribution in [3.05, 3.63) is 53.6 Å². The van der Waals surface area contributed by atoms with Crippen molar-refractivity contribution in [1.82, 2.24) is 4.98 Å². The number of oxime groups is 1. The van der Waals surface area contributed by atoms with E-state index >= 15 is 0 Å². The third kappa shape index (κ3) is 3.06. The van der Waals surface area contributed by atoms with Crippen LogP contribution in [-0.2, 0) is 0 Å². The summed E-state index contributed by atoms with van der Waals surface area (Å²) in [6.45, 7) is 0. The molecule has 0 unspecified atom stereocenters. The molecule has 2 rings (SSSR count). The molecule has 1 aromatic heterocycles. The van der Waals surface area contributed by atoms with Gasteiger partial charge in [-0.25, -0.2) is 4.39 Å². The van der Waals surface area contributed by atoms with Crippen molar-refractivity contribution in [1.29, 1.82) is 0 Å². The first-order valence-electron chi connectivity index (χ1n) is 5.74. The van der Waals surface area contributed by atoms with Crippen molar-refractivity contribution >= 4 is 17.4 Å². The maximum Gasteiger partial charge on any atom is 0.259 e. The molecular formula is C13H11FN4O3. The Morgan fingerprint density at radius 2 is 2.10 bits per heavy atom. The first-order valence-corrected chi connectivity index (χ1v) is 5.74. The molecule has 0 aliphatic heterocycles. The van der Waals surface area contributed by atoms with Gasteiger partial charge in [0.2, 0.25) is 0 Å². The van der Waals surface area contributed by atoms with Crippen LogP contribution in [0.15, 0.2) is 41.8 Å². The molecule has 0 atom stereocenters. The first-order chi connectivity index (χ1) is 10.0. The molecule has 7 nitrogen and oxygen atoms in total. The van der Waals surface area contributed by atoms with Gasteiger partial charge < -0.3 is 21.4 Å². The number of hydrogen-bond acceptors (Lipinski definition) is 5. The summed E-state index contributed by atoms with van der Waals surface area (Å²) in [5, 5.41) is 23.5. The smallest absolute Gasteiger partial charge is 0.259 e. The predicted molar refractivity (Wildman–Crippen MR) is 72.8 cm³/mol. The summed E-state index contributed by atoms with van der Waals surface area (Å²) in [7, 11) is 0. The summed E-state index contributed by atoms with van der Waals surface area (Å²) in [5.41, 5.74) is 5.56. The van der Waals surface area contributed by atoms with Crippen LogP contribution < -0.4 is 11.1 Å². The number of carbonyl (C=O) groups excluding carboxylic acids is 1. The molecule has 0 radical (unpaired) electrons. The predicted octanol–water partition coefficient (Wildman–Crippen LogP) is 1.27. The van der Waals surface area contributed by atoms with E-state index in [-0.39, 0.29) is 28.4 Å². The van der Waals surface area contributed by atoms with Crippen LogP contribution in [0.25, 0.3) is 0 Å². The zero-order chi connectivity index (χ0) is 15.4. The number of hydrogen-bond donors (Lipinski definition) is 4. The van der Waals surface area contributed by atoms with Gasteiger partial charge in [-0.05, 0) is 24.3 Å².